The number of aromatic hydroxyl groups is 1. The van der Waals surface area contributed by atoms with Gasteiger partial charge in [-0.3, -0.25) is 5.41 Å². The molecule has 0 atom stereocenters. The quantitative estimate of drug-likeness (QED) is 0.476. The van der Waals surface area contributed by atoms with Gasteiger partial charge in [-0.15, -0.1) is 0 Å². The van der Waals surface area contributed by atoms with Crippen molar-refractivity contribution < 1.29 is 5.11 Å². The fourth-order valence-corrected chi connectivity index (χ4v) is 1.44. The van der Waals surface area contributed by atoms with Gasteiger partial charge in [0.05, 0.1) is 5.56 Å². The Hall–Kier alpha value is -2.56. The van der Waals surface area contributed by atoms with Crippen molar-refractivity contribution in [1.29, 1.82) is 5.41 Å². The van der Waals surface area contributed by atoms with Crippen LogP contribution in [0.2, 0.25) is 0 Å². The summed E-state index contributed by atoms with van der Waals surface area (Å²) < 4.78 is 0. The molecule has 0 bridgehead atoms. The van der Waals surface area contributed by atoms with Crippen molar-refractivity contribution in [3.63, 3.8) is 0 Å². The van der Waals surface area contributed by atoms with Crippen LogP contribution in [0.3, 0.4) is 0 Å². The molecule has 0 fully saturated rings. The molecule has 17 heavy (non-hydrogen) atoms. The van der Waals surface area contributed by atoms with E-state index in [9.17, 15) is 5.11 Å². The van der Waals surface area contributed by atoms with E-state index < -0.39 is 0 Å². The van der Waals surface area contributed by atoms with Crippen molar-refractivity contribution in [2.75, 3.05) is 5.32 Å². The van der Waals surface area contributed by atoms with Crippen LogP contribution in [0.5, 0.6) is 5.75 Å². The molecule has 5 N–H and O–H groups in total. The zero-order chi connectivity index (χ0) is 12.3. The van der Waals surface area contributed by atoms with Crippen LogP contribution in [0.4, 0.5) is 11.5 Å². The molecule has 0 aliphatic carbocycles. The van der Waals surface area contributed by atoms with Crippen LogP contribution in [-0.4, -0.2) is 15.9 Å². The number of phenols is 1. The van der Waals surface area contributed by atoms with Gasteiger partial charge < -0.3 is 16.2 Å². The number of rotatable bonds is 3. The first-order valence-electron chi connectivity index (χ1n) is 5.02. The fraction of sp³-hybridized carbons (Fsp3) is 0. The highest BCUT2D eigenvalue weighted by Crippen LogP contribution is 2.21. The molecule has 86 valence electrons. The van der Waals surface area contributed by atoms with Crippen molar-refractivity contribution in [3.05, 3.63) is 48.2 Å². The van der Waals surface area contributed by atoms with E-state index in [1.807, 2.05) is 0 Å². The minimum Gasteiger partial charge on any atom is -0.508 e. The second kappa shape index (κ2) is 4.52. The largest absolute Gasteiger partial charge is 0.508 e. The summed E-state index contributed by atoms with van der Waals surface area (Å²) in [7, 11) is 0. The minimum atomic E-state index is -0.0549. The van der Waals surface area contributed by atoms with Crippen LogP contribution in [0.15, 0.2) is 42.6 Å². The summed E-state index contributed by atoms with van der Waals surface area (Å²) in [6.45, 7) is 0. The van der Waals surface area contributed by atoms with E-state index in [4.69, 9.17) is 11.1 Å². The van der Waals surface area contributed by atoms with Gasteiger partial charge in [0.1, 0.15) is 17.4 Å². The Morgan fingerprint density at radius 1 is 1.29 bits per heavy atom. The lowest BCUT2D eigenvalue weighted by atomic mass is 10.2. The van der Waals surface area contributed by atoms with Crippen LogP contribution in [-0.2, 0) is 0 Å². The molecule has 0 saturated heterocycles. The van der Waals surface area contributed by atoms with Gasteiger partial charge in [-0.1, -0.05) is 6.07 Å². The zero-order valence-corrected chi connectivity index (χ0v) is 9.01. The molecule has 5 heteroatoms. The van der Waals surface area contributed by atoms with Crippen molar-refractivity contribution >= 4 is 17.3 Å². The second-order valence-electron chi connectivity index (χ2n) is 3.49. The second-order valence-corrected chi connectivity index (χ2v) is 3.49. The number of phenolic OH excluding ortho intramolecular Hbond substituents is 1. The number of aromatic nitrogens is 1. The van der Waals surface area contributed by atoms with Gasteiger partial charge in [0.25, 0.3) is 0 Å². The standard InChI is InChI=1S/C12H12N4O/c13-11(14)10-5-2-6-15-12(10)16-8-3-1-4-9(17)7-8/h1-7,17H,(H3,13,14)(H,15,16). The average Bonchev–Trinajstić information content (AvgIpc) is 2.29. The first-order valence-corrected chi connectivity index (χ1v) is 5.02. The topological polar surface area (TPSA) is 95.0 Å². The van der Waals surface area contributed by atoms with Crippen LogP contribution in [0.25, 0.3) is 0 Å². The van der Waals surface area contributed by atoms with Crippen LogP contribution >= 0.6 is 0 Å². The number of pyridine rings is 1. The maximum absolute atomic E-state index is 9.34. The lowest BCUT2D eigenvalue weighted by molar-refractivity contribution is 0.475. The van der Waals surface area contributed by atoms with Crippen LogP contribution < -0.4 is 11.1 Å². The molecule has 0 amide bonds. The van der Waals surface area contributed by atoms with Gasteiger partial charge in [-0.25, -0.2) is 4.98 Å². The van der Waals surface area contributed by atoms with Crippen molar-refractivity contribution in [3.8, 4) is 5.75 Å². The summed E-state index contributed by atoms with van der Waals surface area (Å²) in [5.74, 6) is 0.599. The molecule has 0 radical (unpaired) electrons. The van der Waals surface area contributed by atoms with Crippen molar-refractivity contribution in [1.82, 2.24) is 4.98 Å². The Labute approximate surface area is 98.4 Å². The number of anilines is 2. The number of hydrogen-bond acceptors (Lipinski definition) is 4. The van der Waals surface area contributed by atoms with Gasteiger partial charge in [0, 0.05) is 18.0 Å². The van der Waals surface area contributed by atoms with Gasteiger partial charge in [0.2, 0.25) is 0 Å². The summed E-state index contributed by atoms with van der Waals surface area (Å²) in [5.41, 5.74) is 6.66. The third-order valence-corrected chi connectivity index (χ3v) is 2.21. The number of nitrogen functional groups attached to an aromatic ring is 1. The SMILES string of the molecule is N=C(N)c1cccnc1Nc1cccc(O)c1. The van der Waals surface area contributed by atoms with Gasteiger partial charge >= 0.3 is 0 Å². The molecule has 0 aliphatic rings. The molecule has 2 rings (SSSR count). The monoisotopic (exact) mass is 228 g/mol. The van der Waals surface area contributed by atoms with E-state index in [1.54, 1.807) is 42.6 Å². The first-order chi connectivity index (χ1) is 8.16. The maximum atomic E-state index is 9.34. The number of benzene rings is 1. The average molecular weight is 228 g/mol. The Kier molecular flexibility index (Phi) is 2.91. The smallest absolute Gasteiger partial charge is 0.141 e. The van der Waals surface area contributed by atoms with E-state index >= 15 is 0 Å². The molecule has 0 spiro atoms. The molecular weight excluding hydrogens is 216 g/mol. The van der Waals surface area contributed by atoms with Crippen LogP contribution in [0, 0.1) is 5.41 Å². The van der Waals surface area contributed by atoms with E-state index in [0.29, 0.717) is 17.1 Å². The molecule has 0 saturated carbocycles. The molecule has 0 unspecified atom stereocenters. The van der Waals surface area contributed by atoms with Crippen molar-refractivity contribution in [2.24, 2.45) is 5.73 Å². The summed E-state index contributed by atoms with van der Waals surface area (Å²) in [4.78, 5) is 4.11. The Bertz CT molecular complexity index is 554. The van der Waals surface area contributed by atoms with Gasteiger partial charge in [-0.2, -0.15) is 0 Å². The molecule has 1 aromatic heterocycles. The summed E-state index contributed by atoms with van der Waals surface area (Å²) in [6.07, 6.45) is 1.61. The Balaban J connectivity index is 2.33. The lowest BCUT2D eigenvalue weighted by Gasteiger charge is -2.09. The third kappa shape index (κ3) is 2.52. The third-order valence-electron chi connectivity index (χ3n) is 2.21. The summed E-state index contributed by atoms with van der Waals surface area (Å²) in [5, 5.41) is 19.8. The highest BCUT2D eigenvalue weighted by molar-refractivity contribution is 5.99. The number of hydrogen-bond donors (Lipinski definition) is 4. The van der Waals surface area contributed by atoms with E-state index in [2.05, 4.69) is 10.3 Å². The van der Waals surface area contributed by atoms with E-state index in [0.717, 1.165) is 0 Å². The van der Waals surface area contributed by atoms with E-state index in [1.165, 1.54) is 0 Å². The highest BCUT2D eigenvalue weighted by atomic mass is 16.3. The zero-order valence-electron chi connectivity index (χ0n) is 9.01. The normalized spacial score (nSPS) is 9.88. The van der Waals surface area contributed by atoms with Crippen molar-refractivity contribution in [2.45, 2.75) is 0 Å². The number of amidine groups is 1. The molecule has 5 nitrogen and oxygen atoms in total. The summed E-state index contributed by atoms with van der Waals surface area (Å²) in [6, 6.07) is 10.1. The molecular formula is C12H12N4O. The predicted molar refractivity (Wildman–Crippen MR) is 66.6 cm³/mol. The first kappa shape index (κ1) is 10.9. The van der Waals surface area contributed by atoms with Gasteiger partial charge in [0.15, 0.2) is 0 Å². The molecule has 1 aromatic carbocycles. The fourth-order valence-electron chi connectivity index (χ4n) is 1.44. The molecule has 0 aliphatic heterocycles. The van der Waals surface area contributed by atoms with E-state index in [-0.39, 0.29) is 11.6 Å². The van der Waals surface area contributed by atoms with Crippen LogP contribution in [0.1, 0.15) is 5.56 Å². The number of nitrogens with one attached hydrogen (secondary N) is 2. The summed E-state index contributed by atoms with van der Waals surface area (Å²) >= 11 is 0. The van der Waals surface area contributed by atoms with Gasteiger partial charge in [-0.05, 0) is 24.3 Å². The number of nitrogens with zero attached hydrogens (tertiary/aromatic N) is 1. The predicted octanol–water partition coefficient (Wildman–Crippen LogP) is 1.81. The molecule has 2 aromatic rings. The number of nitrogens with two attached hydrogens (primary N) is 1. The molecule has 1 heterocycles. The Morgan fingerprint density at radius 3 is 2.82 bits per heavy atom. The minimum absolute atomic E-state index is 0.0549. The lowest BCUT2D eigenvalue weighted by Crippen LogP contribution is -2.14. The Morgan fingerprint density at radius 2 is 2.12 bits per heavy atom. The highest BCUT2D eigenvalue weighted by Gasteiger charge is 2.06. The maximum Gasteiger partial charge on any atom is 0.141 e.